The van der Waals surface area contributed by atoms with Gasteiger partial charge in [-0.25, -0.2) is 4.99 Å². The van der Waals surface area contributed by atoms with Gasteiger partial charge in [-0.1, -0.05) is 54.2 Å². The summed E-state index contributed by atoms with van der Waals surface area (Å²) in [6.45, 7) is -2.97. The van der Waals surface area contributed by atoms with Gasteiger partial charge in [-0.2, -0.15) is 8.78 Å². The highest BCUT2D eigenvalue weighted by atomic mass is 32.2. The van der Waals surface area contributed by atoms with Crippen molar-refractivity contribution >= 4 is 57.0 Å². The van der Waals surface area contributed by atoms with Crippen LogP contribution in [0.3, 0.4) is 0 Å². The fraction of sp³-hybridized carbons (Fsp3) is 0.100. The minimum absolute atomic E-state index is 0.0160. The highest BCUT2D eigenvalue weighted by Gasteiger charge is 2.32. The predicted molar refractivity (Wildman–Crippen MR) is 154 cm³/mol. The van der Waals surface area contributed by atoms with Gasteiger partial charge < -0.3 is 14.8 Å². The number of nitrogens with zero attached hydrogens (tertiary/aromatic N) is 2. The molecule has 202 valence electrons. The number of carbonyl (C=O) groups excluding carboxylic acids is 2. The van der Waals surface area contributed by atoms with Gasteiger partial charge in [0.25, 0.3) is 5.91 Å². The normalized spacial score (nSPS) is 14.1. The lowest BCUT2D eigenvalue weighted by molar-refractivity contribution is -0.114. The second-order valence-corrected chi connectivity index (χ2v) is 9.55. The van der Waals surface area contributed by atoms with Gasteiger partial charge >= 0.3 is 6.61 Å². The second kappa shape index (κ2) is 12.0. The summed E-state index contributed by atoms with van der Waals surface area (Å²) in [4.78, 5) is 32.1. The quantitative estimate of drug-likeness (QED) is 0.247. The summed E-state index contributed by atoms with van der Waals surface area (Å²) in [7, 11) is 1.56. The number of benzene rings is 4. The Morgan fingerprint density at radius 3 is 2.38 bits per heavy atom. The Labute approximate surface area is 233 Å². The minimum Gasteiger partial charge on any atom is -0.497 e. The van der Waals surface area contributed by atoms with Gasteiger partial charge in [0, 0.05) is 5.69 Å². The van der Waals surface area contributed by atoms with Crippen LogP contribution in [0.1, 0.15) is 5.56 Å². The van der Waals surface area contributed by atoms with Crippen molar-refractivity contribution in [2.75, 3.05) is 23.1 Å². The van der Waals surface area contributed by atoms with Crippen molar-refractivity contribution < 1.29 is 27.8 Å². The molecule has 0 saturated carbocycles. The molecule has 4 aromatic carbocycles. The van der Waals surface area contributed by atoms with Crippen molar-refractivity contribution in [3.8, 4) is 11.5 Å². The summed E-state index contributed by atoms with van der Waals surface area (Å²) in [6, 6.07) is 26.2. The van der Waals surface area contributed by atoms with E-state index < -0.39 is 12.5 Å². The van der Waals surface area contributed by atoms with Crippen molar-refractivity contribution in [2.45, 2.75) is 6.61 Å². The first kappa shape index (κ1) is 26.9. The number of aliphatic imine (C=N–C) groups is 1. The van der Waals surface area contributed by atoms with E-state index in [9.17, 15) is 18.4 Å². The van der Waals surface area contributed by atoms with Crippen molar-refractivity contribution in [2.24, 2.45) is 4.99 Å². The zero-order chi connectivity index (χ0) is 28.1. The molecule has 40 heavy (non-hydrogen) atoms. The predicted octanol–water partition coefficient (Wildman–Crippen LogP) is 6.57. The van der Waals surface area contributed by atoms with Crippen LogP contribution in [0.2, 0.25) is 0 Å². The zero-order valence-corrected chi connectivity index (χ0v) is 22.0. The molecule has 0 bridgehead atoms. The number of nitrogens with one attached hydrogen (secondary N) is 1. The largest absolute Gasteiger partial charge is 0.497 e. The number of rotatable bonds is 8. The SMILES string of the molecule is COc1ccc(C=C2N=C(SCC(=O)Nc3ccc4ccccc4c3)N(c3ccc(OC(F)F)cc3)C2=O)cc1. The van der Waals surface area contributed by atoms with Crippen LogP contribution in [0.4, 0.5) is 20.2 Å². The summed E-state index contributed by atoms with van der Waals surface area (Å²) < 4.78 is 34.8. The molecular formula is C30H23F2N3O4S. The Morgan fingerprint density at radius 1 is 0.975 bits per heavy atom. The lowest BCUT2D eigenvalue weighted by Crippen LogP contribution is -2.31. The Kier molecular flexibility index (Phi) is 8.07. The van der Waals surface area contributed by atoms with E-state index in [0.29, 0.717) is 17.1 Å². The number of halogens is 2. The highest BCUT2D eigenvalue weighted by Crippen LogP contribution is 2.31. The molecule has 0 radical (unpaired) electrons. The lowest BCUT2D eigenvalue weighted by Gasteiger charge is -2.18. The third-order valence-electron chi connectivity index (χ3n) is 5.93. The number of carbonyl (C=O) groups is 2. The molecule has 1 aliphatic heterocycles. The van der Waals surface area contributed by atoms with Gasteiger partial charge in [0.2, 0.25) is 5.91 Å². The first-order valence-corrected chi connectivity index (χ1v) is 13.1. The van der Waals surface area contributed by atoms with Crippen LogP contribution in [-0.2, 0) is 9.59 Å². The van der Waals surface area contributed by atoms with E-state index in [1.807, 2.05) is 42.5 Å². The van der Waals surface area contributed by atoms with E-state index in [0.717, 1.165) is 28.1 Å². The summed E-state index contributed by atoms with van der Waals surface area (Å²) in [5.74, 6) is -0.0813. The molecule has 1 N–H and O–H groups in total. The zero-order valence-electron chi connectivity index (χ0n) is 21.2. The van der Waals surface area contributed by atoms with Crippen molar-refractivity contribution in [1.82, 2.24) is 0 Å². The van der Waals surface area contributed by atoms with Crippen LogP contribution in [0.25, 0.3) is 16.8 Å². The smallest absolute Gasteiger partial charge is 0.387 e. The molecule has 2 amide bonds. The third kappa shape index (κ3) is 6.29. The first-order chi connectivity index (χ1) is 19.4. The summed E-state index contributed by atoms with van der Waals surface area (Å²) in [6.07, 6.45) is 1.63. The van der Waals surface area contributed by atoms with E-state index in [1.54, 1.807) is 37.5 Å². The fourth-order valence-corrected chi connectivity index (χ4v) is 4.86. The van der Waals surface area contributed by atoms with Crippen LogP contribution in [0, 0.1) is 0 Å². The molecule has 10 heteroatoms. The van der Waals surface area contributed by atoms with Gasteiger partial charge in [0.1, 0.15) is 17.2 Å². The number of anilines is 2. The molecule has 0 spiro atoms. The first-order valence-electron chi connectivity index (χ1n) is 12.1. The van der Waals surface area contributed by atoms with Gasteiger partial charge in [0.05, 0.1) is 18.6 Å². The standard InChI is InChI=1S/C30H23F2N3O4S/c1-38-24-12-6-19(7-13-24)16-26-28(37)35(23-10-14-25(15-11-23)39-29(31)32)30(34-26)40-18-27(36)33-22-9-8-20-4-2-3-5-21(20)17-22/h2-17,29H,18H2,1H3,(H,33,36). The van der Waals surface area contributed by atoms with E-state index in [4.69, 9.17) is 4.74 Å². The average Bonchev–Trinajstić information content (AvgIpc) is 3.26. The maximum Gasteiger partial charge on any atom is 0.387 e. The molecule has 1 heterocycles. The van der Waals surface area contributed by atoms with Crippen molar-refractivity contribution in [3.63, 3.8) is 0 Å². The number of fused-ring (bicyclic) bond motifs is 1. The molecule has 0 atom stereocenters. The molecule has 0 aliphatic carbocycles. The highest BCUT2D eigenvalue weighted by molar-refractivity contribution is 8.14. The number of thioether (sulfide) groups is 1. The van der Waals surface area contributed by atoms with E-state index >= 15 is 0 Å². The average molecular weight is 560 g/mol. The van der Waals surface area contributed by atoms with Crippen molar-refractivity contribution in [1.29, 1.82) is 0 Å². The van der Waals surface area contributed by atoms with Crippen LogP contribution in [-0.4, -0.2) is 36.5 Å². The Morgan fingerprint density at radius 2 is 1.68 bits per heavy atom. The van der Waals surface area contributed by atoms with Crippen LogP contribution < -0.4 is 19.7 Å². The van der Waals surface area contributed by atoms with Gasteiger partial charge in [-0.05, 0) is 70.9 Å². The minimum atomic E-state index is -2.97. The Hall–Kier alpha value is -4.70. The molecule has 0 unspecified atom stereocenters. The van der Waals surface area contributed by atoms with E-state index in [2.05, 4.69) is 15.0 Å². The molecule has 0 fully saturated rings. The molecule has 5 rings (SSSR count). The van der Waals surface area contributed by atoms with Crippen LogP contribution >= 0.6 is 11.8 Å². The summed E-state index contributed by atoms with van der Waals surface area (Å²) in [5, 5.41) is 5.22. The molecule has 0 saturated heterocycles. The number of methoxy groups -OCH3 is 1. The number of hydrogen-bond acceptors (Lipinski definition) is 6. The van der Waals surface area contributed by atoms with E-state index in [-0.39, 0.29) is 28.3 Å². The number of ether oxygens (including phenoxy) is 2. The van der Waals surface area contributed by atoms with Crippen LogP contribution in [0.5, 0.6) is 11.5 Å². The number of hydrogen-bond donors (Lipinski definition) is 1. The topological polar surface area (TPSA) is 80.2 Å². The van der Waals surface area contributed by atoms with Gasteiger partial charge in [0.15, 0.2) is 5.17 Å². The maximum atomic E-state index is 13.4. The third-order valence-corrected chi connectivity index (χ3v) is 6.87. The Bertz CT molecular complexity index is 1610. The molecule has 7 nitrogen and oxygen atoms in total. The van der Waals surface area contributed by atoms with E-state index in [1.165, 1.54) is 29.2 Å². The maximum absolute atomic E-state index is 13.4. The summed E-state index contributed by atoms with van der Waals surface area (Å²) in [5.41, 5.74) is 1.94. The molecule has 1 aliphatic rings. The monoisotopic (exact) mass is 559 g/mol. The fourth-order valence-electron chi connectivity index (χ4n) is 4.05. The molecule has 4 aromatic rings. The summed E-state index contributed by atoms with van der Waals surface area (Å²) >= 11 is 1.09. The number of amidine groups is 1. The van der Waals surface area contributed by atoms with Gasteiger partial charge in [-0.3, -0.25) is 14.5 Å². The molecular weight excluding hydrogens is 536 g/mol. The Balaban J connectivity index is 1.36. The second-order valence-electron chi connectivity index (χ2n) is 8.61. The van der Waals surface area contributed by atoms with Crippen LogP contribution in [0.15, 0.2) is 102 Å². The number of amides is 2. The van der Waals surface area contributed by atoms with Crippen molar-refractivity contribution in [3.05, 3.63) is 102 Å². The number of alkyl halides is 2. The lowest BCUT2D eigenvalue weighted by atomic mass is 10.1. The molecule has 0 aromatic heterocycles. The van der Waals surface area contributed by atoms with Gasteiger partial charge in [-0.15, -0.1) is 0 Å².